The Morgan fingerprint density at radius 3 is 2.62 bits per heavy atom. The van der Waals surface area contributed by atoms with Gasteiger partial charge in [-0.2, -0.15) is 0 Å². The van der Waals surface area contributed by atoms with Crippen LogP contribution in [0.1, 0.15) is 16.2 Å². The lowest BCUT2D eigenvalue weighted by atomic mass is 10.2. The first-order valence-corrected chi connectivity index (χ1v) is 7.58. The maximum atomic E-state index is 13.4. The van der Waals surface area contributed by atoms with Gasteiger partial charge in [-0.25, -0.2) is 28.2 Å². The van der Waals surface area contributed by atoms with Crippen LogP contribution in [-0.4, -0.2) is 36.0 Å². The third-order valence-electron chi connectivity index (χ3n) is 2.99. The summed E-state index contributed by atoms with van der Waals surface area (Å²) in [5, 5.41) is 17.0. The van der Waals surface area contributed by atoms with Crippen molar-refractivity contribution in [3.63, 3.8) is 0 Å². The van der Waals surface area contributed by atoms with Crippen LogP contribution >= 0.6 is 11.8 Å². The maximum absolute atomic E-state index is 13.4. The zero-order chi connectivity index (χ0) is 17.1. The standard InChI is InChI=1S/C14H9F2N5O2S/c15-9-3-2-8(6-10(9)16)21-11(12(13(22)23)19-20-21)7-24-14-17-4-1-5-18-14/h1-6H,7H2,(H,22,23). The van der Waals surface area contributed by atoms with Gasteiger partial charge < -0.3 is 5.11 Å². The van der Waals surface area contributed by atoms with Gasteiger partial charge in [-0.15, -0.1) is 5.10 Å². The molecule has 24 heavy (non-hydrogen) atoms. The first-order chi connectivity index (χ1) is 11.6. The molecular formula is C14H9F2N5O2S. The lowest BCUT2D eigenvalue weighted by molar-refractivity contribution is 0.0689. The van der Waals surface area contributed by atoms with E-state index in [1.54, 1.807) is 18.5 Å². The van der Waals surface area contributed by atoms with Crippen LogP contribution in [-0.2, 0) is 5.75 Å². The highest BCUT2D eigenvalue weighted by Gasteiger charge is 2.21. The van der Waals surface area contributed by atoms with Crippen molar-refractivity contribution >= 4 is 17.7 Å². The molecule has 0 unspecified atom stereocenters. The van der Waals surface area contributed by atoms with Gasteiger partial charge in [0.25, 0.3) is 0 Å². The molecule has 0 fully saturated rings. The predicted octanol–water partition coefficient (Wildman–Crippen LogP) is 2.33. The van der Waals surface area contributed by atoms with Gasteiger partial charge in [0, 0.05) is 24.2 Å². The van der Waals surface area contributed by atoms with Gasteiger partial charge in [0.05, 0.1) is 11.4 Å². The van der Waals surface area contributed by atoms with Crippen molar-refractivity contribution < 1.29 is 18.7 Å². The van der Waals surface area contributed by atoms with E-state index in [4.69, 9.17) is 0 Å². The molecule has 0 saturated carbocycles. The van der Waals surface area contributed by atoms with Crippen LogP contribution in [0.5, 0.6) is 0 Å². The summed E-state index contributed by atoms with van der Waals surface area (Å²) in [5.74, 6) is -3.21. The fourth-order valence-electron chi connectivity index (χ4n) is 1.91. The van der Waals surface area contributed by atoms with E-state index in [1.165, 1.54) is 17.8 Å². The summed E-state index contributed by atoms with van der Waals surface area (Å²) in [6.07, 6.45) is 3.11. The van der Waals surface area contributed by atoms with Crippen LogP contribution in [0.4, 0.5) is 8.78 Å². The summed E-state index contributed by atoms with van der Waals surface area (Å²) in [5.41, 5.74) is 0.104. The highest BCUT2D eigenvalue weighted by atomic mass is 32.2. The van der Waals surface area contributed by atoms with Gasteiger partial charge in [0.1, 0.15) is 0 Å². The first kappa shape index (κ1) is 16.0. The van der Waals surface area contributed by atoms with E-state index in [1.807, 2.05) is 0 Å². The molecule has 122 valence electrons. The van der Waals surface area contributed by atoms with E-state index < -0.39 is 17.6 Å². The minimum atomic E-state index is -1.27. The van der Waals surface area contributed by atoms with E-state index in [2.05, 4.69) is 20.3 Å². The minimum absolute atomic E-state index is 0.137. The van der Waals surface area contributed by atoms with Gasteiger partial charge in [0.15, 0.2) is 22.5 Å². The third kappa shape index (κ3) is 3.23. The van der Waals surface area contributed by atoms with Crippen LogP contribution < -0.4 is 0 Å². The monoisotopic (exact) mass is 349 g/mol. The van der Waals surface area contributed by atoms with Crippen molar-refractivity contribution in [3.05, 3.63) is 59.7 Å². The number of benzene rings is 1. The van der Waals surface area contributed by atoms with Crippen molar-refractivity contribution in [1.29, 1.82) is 0 Å². The number of carboxylic acid groups (broad SMARTS) is 1. The molecule has 0 spiro atoms. The van der Waals surface area contributed by atoms with Gasteiger partial charge >= 0.3 is 5.97 Å². The summed E-state index contributed by atoms with van der Waals surface area (Å²) >= 11 is 1.17. The maximum Gasteiger partial charge on any atom is 0.358 e. The Hall–Kier alpha value is -2.88. The highest BCUT2D eigenvalue weighted by Crippen LogP contribution is 2.23. The molecule has 2 heterocycles. The molecule has 0 aliphatic rings. The summed E-state index contributed by atoms with van der Waals surface area (Å²) in [6.45, 7) is 0. The molecule has 0 saturated heterocycles. The van der Waals surface area contributed by atoms with Gasteiger partial charge in [-0.1, -0.05) is 17.0 Å². The Bertz CT molecular complexity index is 888. The Morgan fingerprint density at radius 1 is 1.21 bits per heavy atom. The zero-order valence-corrected chi connectivity index (χ0v) is 12.7. The lowest BCUT2D eigenvalue weighted by Crippen LogP contribution is -2.06. The molecule has 7 nitrogen and oxygen atoms in total. The number of aromatic carboxylic acids is 1. The summed E-state index contributed by atoms with van der Waals surface area (Å²) in [4.78, 5) is 19.4. The van der Waals surface area contributed by atoms with Crippen LogP contribution in [0.15, 0.2) is 41.8 Å². The third-order valence-corrected chi connectivity index (χ3v) is 3.88. The molecule has 0 bridgehead atoms. The average molecular weight is 349 g/mol. The van der Waals surface area contributed by atoms with Crippen molar-refractivity contribution in [2.45, 2.75) is 10.9 Å². The van der Waals surface area contributed by atoms with E-state index in [9.17, 15) is 18.7 Å². The summed E-state index contributed by atoms with van der Waals surface area (Å²) in [7, 11) is 0. The molecule has 2 aromatic heterocycles. The van der Waals surface area contributed by atoms with Crippen LogP contribution in [0.2, 0.25) is 0 Å². The number of thioether (sulfide) groups is 1. The lowest BCUT2D eigenvalue weighted by Gasteiger charge is -2.07. The second-order valence-corrected chi connectivity index (χ2v) is 5.46. The van der Waals surface area contributed by atoms with Gasteiger partial charge in [-0.05, 0) is 18.2 Å². The van der Waals surface area contributed by atoms with Crippen LogP contribution in [0.25, 0.3) is 5.69 Å². The second-order valence-electron chi connectivity index (χ2n) is 4.52. The van der Waals surface area contributed by atoms with Crippen molar-refractivity contribution in [2.75, 3.05) is 0 Å². The number of rotatable bonds is 5. The molecule has 3 rings (SSSR count). The zero-order valence-electron chi connectivity index (χ0n) is 11.9. The topological polar surface area (TPSA) is 93.8 Å². The minimum Gasteiger partial charge on any atom is -0.476 e. The normalized spacial score (nSPS) is 10.8. The second kappa shape index (κ2) is 6.71. The van der Waals surface area contributed by atoms with E-state index in [0.717, 1.165) is 16.8 Å². The molecule has 0 atom stereocenters. The molecule has 1 aromatic carbocycles. The number of hydrogen-bond acceptors (Lipinski definition) is 6. The smallest absolute Gasteiger partial charge is 0.358 e. The molecule has 0 amide bonds. The molecule has 3 aromatic rings. The largest absolute Gasteiger partial charge is 0.476 e. The SMILES string of the molecule is O=C(O)c1nnn(-c2ccc(F)c(F)c2)c1CSc1ncccn1. The first-order valence-electron chi connectivity index (χ1n) is 6.59. The predicted molar refractivity (Wildman–Crippen MR) is 79.8 cm³/mol. The van der Waals surface area contributed by atoms with Gasteiger partial charge in [0.2, 0.25) is 0 Å². The highest BCUT2D eigenvalue weighted by molar-refractivity contribution is 7.98. The number of carboxylic acids is 1. The van der Waals surface area contributed by atoms with Crippen LogP contribution in [0, 0.1) is 11.6 Å². The van der Waals surface area contributed by atoms with Crippen molar-refractivity contribution in [3.8, 4) is 5.69 Å². The van der Waals surface area contributed by atoms with Gasteiger partial charge in [-0.3, -0.25) is 0 Å². The average Bonchev–Trinajstić information content (AvgIpc) is 3.00. The molecular weight excluding hydrogens is 340 g/mol. The molecule has 0 aliphatic carbocycles. The fourth-order valence-corrected chi connectivity index (χ4v) is 2.71. The molecule has 1 N–H and O–H groups in total. The van der Waals surface area contributed by atoms with E-state index in [0.29, 0.717) is 5.16 Å². The molecule has 10 heteroatoms. The Balaban J connectivity index is 1.97. The van der Waals surface area contributed by atoms with Crippen LogP contribution in [0.3, 0.4) is 0 Å². The number of carbonyl (C=O) groups is 1. The Morgan fingerprint density at radius 2 is 1.96 bits per heavy atom. The fraction of sp³-hybridized carbons (Fsp3) is 0.0714. The molecule has 0 aliphatic heterocycles. The van der Waals surface area contributed by atoms with Crippen molar-refractivity contribution in [2.24, 2.45) is 0 Å². The molecule has 0 radical (unpaired) electrons. The number of aromatic nitrogens is 5. The Kier molecular flexibility index (Phi) is 4.47. The van der Waals surface area contributed by atoms with Crippen molar-refractivity contribution in [1.82, 2.24) is 25.0 Å². The summed E-state index contributed by atoms with van der Waals surface area (Å²) < 4.78 is 27.7. The number of halogens is 2. The quantitative estimate of drug-likeness (QED) is 0.558. The number of nitrogens with zero attached hydrogens (tertiary/aromatic N) is 5. The number of hydrogen-bond donors (Lipinski definition) is 1. The van der Waals surface area contributed by atoms with E-state index >= 15 is 0 Å². The Labute approximate surface area is 138 Å². The van der Waals surface area contributed by atoms with E-state index in [-0.39, 0.29) is 22.8 Å². The summed E-state index contributed by atoms with van der Waals surface area (Å²) in [6, 6.07) is 4.79.